The number of halogens is 1. The summed E-state index contributed by atoms with van der Waals surface area (Å²) in [6.45, 7) is 4.55. The first-order valence-corrected chi connectivity index (χ1v) is 5.18. The molecular formula is C11H16ClNO. The minimum atomic E-state index is 0.0931. The maximum Gasteiger partial charge on any atom is 0.120 e. The maximum atomic E-state index is 5.90. The fraction of sp³-hybridized carbons (Fsp3) is 0.455. The fourth-order valence-corrected chi connectivity index (χ4v) is 1.30. The molecule has 0 amide bonds. The van der Waals surface area contributed by atoms with Gasteiger partial charge in [0.15, 0.2) is 0 Å². The molecule has 0 fully saturated rings. The van der Waals surface area contributed by atoms with Crippen LogP contribution < -0.4 is 10.5 Å². The molecule has 1 atom stereocenters. The third-order valence-electron chi connectivity index (χ3n) is 2.15. The number of hydrogen-bond acceptors (Lipinski definition) is 2. The minimum Gasteiger partial charge on any atom is -0.489 e. The first-order chi connectivity index (χ1) is 6.67. The molecule has 1 unspecified atom stereocenters. The van der Waals surface area contributed by atoms with E-state index in [1.807, 2.05) is 25.1 Å². The Balaban J connectivity index is 2.72. The lowest BCUT2D eigenvalue weighted by atomic mass is 10.2. The molecule has 14 heavy (non-hydrogen) atoms. The second-order valence-electron chi connectivity index (χ2n) is 3.29. The minimum absolute atomic E-state index is 0.0931. The first kappa shape index (κ1) is 11.3. The lowest BCUT2D eigenvalue weighted by Gasteiger charge is -2.15. The van der Waals surface area contributed by atoms with Gasteiger partial charge in [-0.1, -0.05) is 18.5 Å². The average molecular weight is 214 g/mol. The van der Waals surface area contributed by atoms with Gasteiger partial charge in [0.25, 0.3) is 0 Å². The summed E-state index contributed by atoms with van der Waals surface area (Å²) >= 11 is 5.90. The number of ether oxygens (including phenoxy) is 1. The molecule has 0 heterocycles. The smallest absolute Gasteiger partial charge is 0.120 e. The van der Waals surface area contributed by atoms with Crippen LogP contribution in [0.2, 0.25) is 5.02 Å². The van der Waals surface area contributed by atoms with Gasteiger partial charge in [-0.15, -0.1) is 0 Å². The van der Waals surface area contributed by atoms with Crippen LogP contribution in [0.1, 0.15) is 18.9 Å². The second-order valence-corrected chi connectivity index (χ2v) is 3.70. The van der Waals surface area contributed by atoms with E-state index in [9.17, 15) is 0 Å². The van der Waals surface area contributed by atoms with E-state index in [2.05, 4.69) is 6.92 Å². The lowest BCUT2D eigenvalue weighted by Crippen LogP contribution is -2.25. The van der Waals surface area contributed by atoms with Crippen molar-refractivity contribution < 1.29 is 4.74 Å². The largest absolute Gasteiger partial charge is 0.489 e. The van der Waals surface area contributed by atoms with Crippen molar-refractivity contribution in [2.24, 2.45) is 5.73 Å². The van der Waals surface area contributed by atoms with Gasteiger partial charge in [-0.25, -0.2) is 0 Å². The van der Waals surface area contributed by atoms with Crippen LogP contribution in [0.15, 0.2) is 18.2 Å². The lowest BCUT2D eigenvalue weighted by molar-refractivity contribution is 0.205. The molecule has 0 bridgehead atoms. The summed E-state index contributed by atoms with van der Waals surface area (Å²) in [5.74, 6) is 0.837. The van der Waals surface area contributed by atoms with E-state index < -0.39 is 0 Å². The van der Waals surface area contributed by atoms with Gasteiger partial charge < -0.3 is 10.5 Å². The van der Waals surface area contributed by atoms with Gasteiger partial charge in [0.2, 0.25) is 0 Å². The normalized spacial score (nSPS) is 12.6. The topological polar surface area (TPSA) is 35.2 Å². The molecular weight excluding hydrogens is 198 g/mol. The molecule has 0 aliphatic heterocycles. The first-order valence-electron chi connectivity index (χ1n) is 4.80. The molecule has 0 radical (unpaired) electrons. The summed E-state index contributed by atoms with van der Waals surface area (Å²) in [6.07, 6.45) is 1.01. The Hall–Kier alpha value is -0.730. The Labute approximate surface area is 90.0 Å². The van der Waals surface area contributed by atoms with Crippen LogP contribution in [0.4, 0.5) is 0 Å². The Bertz CT molecular complexity index is 297. The van der Waals surface area contributed by atoms with Crippen LogP contribution >= 0.6 is 11.6 Å². The number of benzene rings is 1. The zero-order valence-electron chi connectivity index (χ0n) is 8.59. The number of nitrogens with two attached hydrogens (primary N) is 1. The van der Waals surface area contributed by atoms with Crippen LogP contribution in [-0.2, 0) is 0 Å². The third-order valence-corrected chi connectivity index (χ3v) is 2.57. The molecule has 0 saturated carbocycles. The molecule has 0 spiro atoms. The van der Waals surface area contributed by atoms with Crippen molar-refractivity contribution in [3.05, 3.63) is 28.8 Å². The van der Waals surface area contributed by atoms with Crippen LogP contribution in [0, 0.1) is 6.92 Å². The number of aryl methyl sites for hydroxylation is 1. The van der Waals surface area contributed by atoms with E-state index in [0.717, 1.165) is 22.8 Å². The average Bonchev–Trinajstić information content (AvgIpc) is 2.19. The highest BCUT2D eigenvalue weighted by Crippen LogP contribution is 2.22. The Kier molecular flexibility index (Phi) is 4.23. The van der Waals surface area contributed by atoms with Gasteiger partial charge in [-0.3, -0.25) is 0 Å². The zero-order valence-corrected chi connectivity index (χ0v) is 9.34. The number of hydrogen-bond donors (Lipinski definition) is 1. The molecule has 78 valence electrons. The summed E-state index contributed by atoms with van der Waals surface area (Å²) in [6, 6.07) is 5.64. The van der Waals surface area contributed by atoms with Crippen LogP contribution in [0.25, 0.3) is 0 Å². The number of rotatable bonds is 4. The molecule has 2 N–H and O–H groups in total. The standard InChI is InChI=1S/C11H16ClNO/c1-3-9(7-13)14-10-4-5-11(12)8(2)6-10/h4-6,9H,3,7,13H2,1-2H3. The molecule has 0 aliphatic rings. The Morgan fingerprint density at radius 3 is 2.71 bits per heavy atom. The highest BCUT2D eigenvalue weighted by atomic mass is 35.5. The van der Waals surface area contributed by atoms with E-state index in [1.54, 1.807) is 0 Å². The Morgan fingerprint density at radius 2 is 2.21 bits per heavy atom. The zero-order chi connectivity index (χ0) is 10.6. The molecule has 1 aromatic rings. The molecule has 0 aromatic heterocycles. The monoisotopic (exact) mass is 213 g/mol. The maximum absolute atomic E-state index is 5.90. The van der Waals surface area contributed by atoms with Crippen LogP contribution in [-0.4, -0.2) is 12.6 Å². The summed E-state index contributed by atoms with van der Waals surface area (Å²) in [5, 5.41) is 0.762. The molecule has 0 saturated heterocycles. The summed E-state index contributed by atoms with van der Waals surface area (Å²) in [5.41, 5.74) is 6.57. The van der Waals surface area contributed by atoms with Gasteiger partial charge in [0, 0.05) is 11.6 Å². The van der Waals surface area contributed by atoms with Crippen molar-refractivity contribution in [1.29, 1.82) is 0 Å². The van der Waals surface area contributed by atoms with E-state index in [0.29, 0.717) is 6.54 Å². The molecule has 3 heteroatoms. The van der Waals surface area contributed by atoms with Crippen molar-refractivity contribution in [2.45, 2.75) is 26.4 Å². The summed E-state index contributed by atoms with van der Waals surface area (Å²) < 4.78 is 5.66. The quantitative estimate of drug-likeness (QED) is 0.835. The molecule has 2 nitrogen and oxygen atoms in total. The van der Waals surface area contributed by atoms with Crippen molar-refractivity contribution >= 4 is 11.6 Å². The van der Waals surface area contributed by atoms with Crippen molar-refractivity contribution in [2.75, 3.05) is 6.54 Å². The third kappa shape index (κ3) is 2.89. The van der Waals surface area contributed by atoms with Crippen molar-refractivity contribution in [1.82, 2.24) is 0 Å². The molecule has 1 rings (SSSR count). The SMILES string of the molecule is CCC(CN)Oc1ccc(Cl)c(C)c1. The van der Waals surface area contributed by atoms with Crippen molar-refractivity contribution in [3.8, 4) is 5.75 Å². The fourth-order valence-electron chi connectivity index (χ4n) is 1.18. The summed E-state index contributed by atoms with van der Waals surface area (Å²) in [7, 11) is 0. The van der Waals surface area contributed by atoms with E-state index in [-0.39, 0.29) is 6.10 Å². The highest BCUT2D eigenvalue weighted by molar-refractivity contribution is 6.31. The van der Waals surface area contributed by atoms with Crippen molar-refractivity contribution in [3.63, 3.8) is 0 Å². The van der Waals surface area contributed by atoms with Gasteiger partial charge >= 0.3 is 0 Å². The summed E-state index contributed by atoms with van der Waals surface area (Å²) in [4.78, 5) is 0. The molecule has 0 aliphatic carbocycles. The van der Waals surface area contributed by atoms with Crippen LogP contribution in [0.3, 0.4) is 0 Å². The van der Waals surface area contributed by atoms with E-state index >= 15 is 0 Å². The van der Waals surface area contributed by atoms with Gasteiger partial charge in [-0.05, 0) is 37.1 Å². The Morgan fingerprint density at radius 1 is 1.50 bits per heavy atom. The van der Waals surface area contributed by atoms with Gasteiger partial charge in [0.05, 0.1) is 0 Å². The second kappa shape index (κ2) is 5.23. The predicted molar refractivity (Wildman–Crippen MR) is 60.0 cm³/mol. The van der Waals surface area contributed by atoms with E-state index in [4.69, 9.17) is 22.1 Å². The highest BCUT2D eigenvalue weighted by Gasteiger charge is 2.06. The predicted octanol–water partition coefficient (Wildman–Crippen LogP) is 2.76. The van der Waals surface area contributed by atoms with E-state index in [1.165, 1.54) is 0 Å². The van der Waals surface area contributed by atoms with Gasteiger partial charge in [0.1, 0.15) is 11.9 Å². The molecule has 1 aromatic carbocycles. The van der Waals surface area contributed by atoms with Gasteiger partial charge in [-0.2, -0.15) is 0 Å². The van der Waals surface area contributed by atoms with Crippen LogP contribution in [0.5, 0.6) is 5.75 Å².